The number of anilines is 1. The highest BCUT2D eigenvalue weighted by atomic mass is 16.5. The standard InChI is InChI=1S/C15H20N2O4/c1-21-11-4-6-13-10(9-11)3-2-8-17(13)15(20)12(16)5-7-14(18)19/h4,6,9,12H,2-3,5,7-8,16H2,1H3,(H,18,19). The quantitative estimate of drug-likeness (QED) is 0.849. The molecule has 6 nitrogen and oxygen atoms in total. The average Bonchev–Trinajstić information content (AvgIpc) is 2.50. The van der Waals surface area contributed by atoms with Crippen LogP contribution in [0.4, 0.5) is 5.69 Å². The van der Waals surface area contributed by atoms with Crippen molar-refractivity contribution < 1.29 is 19.4 Å². The Balaban J connectivity index is 2.15. The van der Waals surface area contributed by atoms with E-state index >= 15 is 0 Å². The zero-order valence-electron chi connectivity index (χ0n) is 12.0. The Morgan fingerprint density at radius 3 is 2.90 bits per heavy atom. The van der Waals surface area contributed by atoms with Gasteiger partial charge in [-0.05, 0) is 43.0 Å². The van der Waals surface area contributed by atoms with Crippen molar-refractivity contribution in [3.8, 4) is 5.75 Å². The highest BCUT2D eigenvalue weighted by molar-refractivity contribution is 5.98. The molecular weight excluding hydrogens is 272 g/mol. The molecule has 1 aromatic carbocycles. The summed E-state index contributed by atoms with van der Waals surface area (Å²) in [6.07, 6.45) is 1.80. The van der Waals surface area contributed by atoms with Crippen LogP contribution in [0.5, 0.6) is 5.75 Å². The Morgan fingerprint density at radius 1 is 1.48 bits per heavy atom. The van der Waals surface area contributed by atoms with Crippen LogP contribution in [0.2, 0.25) is 0 Å². The zero-order valence-corrected chi connectivity index (χ0v) is 12.0. The predicted octanol–water partition coefficient (Wildman–Crippen LogP) is 1.17. The number of hydrogen-bond acceptors (Lipinski definition) is 4. The van der Waals surface area contributed by atoms with Crippen molar-refractivity contribution in [1.29, 1.82) is 0 Å². The molecule has 0 bridgehead atoms. The molecule has 0 aromatic heterocycles. The number of rotatable bonds is 5. The number of nitrogens with zero attached hydrogens (tertiary/aromatic N) is 1. The molecule has 1 atom stereocenters. The van der Waals surface area contributed by atoms with Crippen molar-refractivity contribution in [2.75, 3.05) is 18.6 Å². The number of benzene rings is 1. The van der Waals surface area contributed by atoms with Crippen molar-refractivity contribution in [1.82, 2.24) is 0 Å². The van der Waals surface area contributed by atoms with Crippen LogP contribution in [0.25, 0.3) is 0 Å². The summed E-state index contributed by atoms with van der Waals surface area (Å²) < 4.78 is 5.19. The van der Waals surface area contributed by atoms with Crippen molar-refractivity contribution in [2.24, 2.45) is 5.73 Å². The number of carboxylic acid groups (broad SMARTS) is 1. The van der Waals surface area contributed by atoms with Gasteiger partial charge < -0.3 is 20.5 Å². The SMILES string of the molecule is COc1ccc2c(c1)CCCN2C(=O)C(N)CCC(=O)O. The second kappa shape index (κ2) is 6.58. The van der Waals surface area contributed by atoms with E-state index in [1.165, 1.54) is 0 Å². The van der Waals surface area contributed by atoms with Crippen molar-refractivity contribution in [3.05, 3.63) is 23.8 Å². The second-order valence-corrected chi connectivity index (χ2v) is 5.13. The van der Waals surface area contributed by atoms with Crippen LogP contribution >= 0.6 is 0 Å². The van der Waals surface area contributed by atoms with E-state index in [-0.39, 0.29) is 18.7 Å². The number of amides is 1. The van der Waals surface area contributed by atoms with E-state index in [1.54, 1.807) is 12.0 Å². The summed E-state index contributed by atoms with van der Waals surface area (Å²) in [6.45, 7) is 0.610. The molecule has 1 aromatic rings. The minimum atomic E-state index is -0.943. The van der Waals surface area contributed by atoms with E-state index in [4.69, 9.17) is 15.6 Å². The lowest BCUT2D eigenvalue weighted by molar-refractivity contribution is -0.137. The maximum absolute atomic E-state index is 12.4. The van der Waals surface area contributed by atoms with Gasteiger partial charge in [0.1, 0.15) is 5.75 Å². The van der Waals surface area contributed by atoms with Gasteiger partial charge in [-0.3, -0.25) is 9.59 Å². The Labute approximate surface area is 123 Å². The molecule has 0 saturated carbocycles. The van der Waals surface area contributed by atoms with Gasteiger partial charge in [0.25, 0.3) is 0 Å². The molecule has 0 aliphatic carbocycles. The third-order valence-corrected chi connectivity index (χ3v) is 3.66. The van der Waals surface area contributed by atoms with E-state index in [0.29, 0.717) is 6.54 Å². The molecular formula is C15H20N2O4. The van der Waals surface area contributed by atoms with Gasteiger partial charge in [0.15, 0.2) is 0 Å². The topological polar surface area (TPSA) is 92.9 Å². The molecule has 114 valence electrons. The van der Waals surface area contributed by atoms with E-state index in [0.717, 1.165) is 29.8 Å². The van der Waals surface area contributed by atoms with E-state index < -0.39 is 12.0 Å². The molecule has 1 heterocycles. The van der Waals surface area contributed by atoms with Crippen molar-refractivity contribution in [2.45, 2.75) is 31.7 Å². The molecule has 0 fully saturated rings. The fourth-order valence-corrected chi connectivity index (χ4v) is 2.53. The molecule has 1 unspecified atom stereocenters. The minimum Gasteiger partial charge on any atom is -0.497 e. The summed E-state index contributed by atoms with van der Waals surface area (Å²) in [6, 6.07) is 4.81. The first kappa shape index (κ1) is 15.3. The lowest BCUT2D eigenvalue weighted by Crippen LogP contribution is -2.46. The average molecular weight is 292 g/mol. The third kappa shape index (κ3) is 3.52. The van der Waals surface area contributed by atoms with Gasteiger partial charge in [0.2, 0.25) is 5.91 Å². The van der Waals surface area contributed by atoms with Crippen LogP contribution in [-0.4, -0.2) is 36.7 Å². The van der Waals surface area contributed by atoms with Gasteiger partial charge in [-0.2, -0.15) is 0 Å². The molecule has 1 aliphatic rings. The number of hydrogen-bond donors (Lipinski definition) is 2. The summed E-state index contributed by atoms with van der Waals surface area (Å²) in [4.78, 5) is 24.6. The van der Waals surface area contributed by atoms with Gasteiger partial charge in [-0.1, -0.05) is 0 Å². The molecule has 1 amide bonds. The second-order valence-electron chi connectivity index (χ2n) is 5.13. The number of aryl methyl sites for hydroxylation is 1. The van der Waals surface area contributed by atoms with Gasteiger partial charge in [-0.15, -0.1) is 0 Å². The molecule has 3 N–H and O–H groups in total. The summed E-state index contributed by atoms with van der Waals surface area (Å²) >= 11 is 0. The number of carbonyl (C=O) groups excluding carboxylic acids is 1. The summed E-state index contributed by atoms with van der Waals surface area (Å²) in [7, 11) is 1.61. The van der Waals surface area contributed by atoms with Gasteiger partial charge in [0.05, 0.1) is 13.2 Å². The third-order valence-electron chi connectivity index (χ3n) is 3.66. The number of nitrogens with two attached hydrogens (primary N) is 1. The monoisotopic (exact) mass is 292 g/mol. The van der Waals surface area contributed by atoms with Crippen LogP contribution in [0.15, 0.2) is 18.2 Å². The largest absolute Gasteiger partial charge is 0.497 e. The van der Waals surface area contributed by atoms with Crippen molar-refractivity contribution >= 4 is 17.6 Å². The Kier molecular flexibility index (Phi) is 4.80. The van der Waals surface area contributed by atoms with Gasteiger partial charge in [-0.25, -0.2) is 0 Å². The van der Waals surface area contributed by atoms with Crippen LogP contribution < -0.4 is 15.4 Å². The summed E-state index contributed by atoms with van der Waals surface area (Å²) in [5, 5.41) is 8.68. The van der Waals surface area contributed by atoms with E-state index in [9.17, 15) is 9.59 Å². The molecule has 0 spiro atoms. The molecule has 0 radical (unpaired) electrons. The fourth-order valence-electron chi connectivity index (χ4n) is 2.53. The van der Waals surface area contributed by atoms with E-state index in [1.807, 2.05) is 18.2 Å². The number of carbonyl (C=O) groups is 2. The number of carboxylic acids is 1. The minimum absolute atomic E-state index is 0.101. The van der Waals surface area contributed by atoms with Crippen LogP contribution in [0.1, 0.15) is 24.8 Å². The number of fused-ring (bicyclic) bond motifs is 1. The van der Waals surface area contributed by atoms with Gasteiger partial charge in [0, 0.05) is 18.7 Å². The lowest BCUT2D eigenvalue weighted by atomic mass is 10.00. The lowest BCUT2D eigenvalue weighted by Gasteiger charge is -2.31. The highest BCUT2D eigenvalue weighted by Gasteiger charge is 2.27. The first-order valence-electron chi connectivity index (χ1n) is 6.98. The van der Waals surface area contributed by atoms with E-state index in [2.05, 4.69) is 0 Å². The number of methoxy groups -OCH3 is 1. The smallest absolute Gasteiger partial charge is 0.303 e. The first-order chi connectivity index (χ1) is 10.0. The molecule has 21 heavy (non-hydrogen) atoms. The number of aliphatic carboxylic acids is 1. The van der Waals surface area contributed by atoms with Crippen LogP contribution in [-0.2, 0) is 16.0 Å². The summed E-state index contributed by atoms with van der Waals surface area (Å²) in [5.41, 5.74) is 7.73. The summed E-state index contributed by atoms with van der Waals surface area (Å²) in [5.74, 6) is -0.400. The Bertz CT molecular complexity index is 544. The molecule has 2 rings (SSSR count). The zero-order chi connectivity index (χ0) is 15.4. The fraction of sp³-hybridized carbons (Fsp3) is 0.467. The van der Waals surface area contributed by atoms with Crippen LogP contribution in [0.3, 0.4) is 0 Å². The Hall–Kier alpha value is -2.08. The number of ether oxygens (including phenoxy) is 1. The molecule has 6 heteroatoms. The molecule has 0 saturated heterocycles. The maximum atomic E-state index is 12.4. The van der Waals surface area contributed by atoms with Crippen LogP contribution in [0, 0.1) is 0 Å². The predicted molar refractivity (Wildman–Crippen MR) is 78.5 cm³/mol. The molecule has 1 aliphatic heterocycles. The van der Waals surface area contributed by atoms with Crippen molar-refractivity contribution in [3.63, 3.8) is 0 Å². The van der Waals surface area contributed by atoms with Gasteiger partial charge >= 0.3 is 5.97 Å². The Morgan fingerprint density at radius 2 is 2.24 bits per heavy atom. The normalized spacial score (nSPS) is 15.2. The maximum Gasteiger partial charge on any atom is 0.303 e. The highest BCUT2D eigenvalue weighted by Crippen LogP contribution is 2.30. The first-order valence-corrected chi connectivity index (χ1v) is 6.98.